The first-order chi connectivity index (χ1) is 10.5. The maximum Gasteiger partial charge on any atom is 0.243 e. The van der Waals surface area contributed by atoms with E-state index in [9.17, 15) is 4.79 Å². The molecule has 2 aromatic rings. The van der Waals surface area contributed by atoms with Gasteiger partial charge in [0.1, 0.15) is 0 Å². The van der Waals surface area contributed by atoms with Crippen molar-refractivity contribution in [2.45, 2.75) is 26.3 Å². The first-order valence-electron chi connectivity index (χ1n) is 7.08. The van der Waals surface area contributed by atoms with Crippen LogP contribution in [0.2, 0.25) is 5.02 Å². The summed E-state index contributed by atoms with van der Waals surface area (Å²) in [7, 11) is 1.83. The maximum absolute atomic E-state index is 12.1. The van der Waals surface area contributed by atoms with Crippen LogP contribution in [0.25, 0.3) is 0 Å². The van der Waals surface area contributed by atoms with Crippen molar-refractivity contribution in [3.63, 3.8) is 0 Å². The van der Waals surface area contributed by atoms with Crippen LogP contribution < -0.4 is 5.32 Å². The number of nitrogens with one attached hydrogen (secondary N) is 1. The summed E-state index contributed by atoms with van der Waals surface area (Å²) in [6.45, 7) is 4.06. The minimum atomic E-state index is -0.155. The highest BCUT2D eigenvalue weighted by molar-refractivity contribution is 6.33. The minimum Gasteiger partial charge on any atom is -0.338 e. The Balaban J connectivity index is 1.94. The summed E-state index contributed by atoms with van der Waals surface area (Å²) in [4.78, 5) is 18.2. The fraction of sp³-hybridized carbons (Fsp3) is 0.400. The largest absolute Gasteiger partial charge is 0.338 e. The Labute approximate surface area is 134 Å². The number of aromatic nitrogens is 2. The molecule has 0 radical (unpaired) electrons. The molecule has 118 valence electrons. The van der Waals surface area contributed by atoms with Gasteiger partial charge in [0.05, 0.1) is 23.3 Å². The van der Waals surface area contributed by atoms with E-state index in [-0.39, 0.29) is 18.5 Å². The van der Waals surface area contributed by atoms with Crippen LogP contribution in [0.1, 0.15) is 31.6 Å². The van der Waals surface area contributed by atoms with Crippen molar-refractivity contribution in [2.75, 3.05) is 18.9 Å². The predicted octanol–water partition coefficient (Wildman–Crippen LogP) is 2.92. The van der Waals surface area contributed by atoms with Gasteiger partial charge in [-0.3, -0.25) is 9.69 Å². The molecule has 0 saturated heterocycles. The van der Waals surface area contributed by atoms with Crippen molar-refractivity contribution in [1.82, 2.24) is 15.0 Å². The standard InChI is InChI=1S/C15H19ClN4O2/c1-4-13-18-15(22-19-13)10(2)20(3)9-14(21)17-12-8-6-5-7-11(12)16/h5-8,10H,4,9H2,1-3H3,(H,17,21)/t10-/m1/s1. The maximum atomic E-state index is 12.1. The Kier molecular flexibility index (Phi) is 5.51. The topological polar surface area (TPSA) is 71.3 Å². The van der Waals surface area contributed by atoms with E-state index in [1.807, 2.05) is 37.9 Å². The zero-order valence-corrected chi connectivity index (χ0v) is 13.6. The fourth-order valence-electron chi connectivity index (χ4n) is 1.89. The van der Waals surface area contributed by atoms with Crippen molar-refractivity contribution in [3.8, 4) is 0 Å². The van der Waals surface area contributed by atoms with Gasteiger partial charge in [0.15, 0.2) is 5.82 Å². The smallest absolute Gasteiger partial charge is 0.243 e. The molecule has 0 spiro atoms. The number of carbonyl (C=O) groups is 1. The van der Waals surface area contributed by atoms with E-state index < -0.39 is 0 Å². The third kappa shape index (κ3) is 4.05. The van der Waals surface area contributed by atoms with E-state index in [4.69, 9.17) is 16.1 Å². The second-order valence-corrected chi connectivity index (χ2v) is 5.43. The molecular formula is C15H19ClN4O2. The molecule has 0 aliphatic heterocycles. The molecule has 1 amide bonds. The number of rotatable bonds is 6. The van der Waals surface area contributed by atoms with Gasteiger partial charge >= 0.3 is 0 Å². The van der Waals surface area contributed by atoms with Gasteiger partial charge in [-0.1, -0.05) is 35.8 Å². The first-order valence-corrected chi connectivity index (χ1v) is 7.46. The summed E-state index contributed by atoms with van der Waals surface area (Å²) in [5.41, 5.74) is 0.598. The van der Waals surface area contributed by atoms with Crippen LogP contribution in [-0.2, 0) is 11.2 Å². The molecule has 1 atom stereocenters. The van der Waals surface area contributed by atoms with Gasteiger partial charge in [-0.2, -0.15) is 4.98 Å². The Bertz CT molecular complexity index is 644. The molecule has 2 rings (SSSR count). The zero-order valence-electron chi connectivity index (χ0n) is 12.8. The summed E-state index contributed by atoms with van der Waals surface area (Å²) >= 11 is 6.02. The molecule has 0 fully saturated rings. The molecule has 1 aromatic heterocycles. The zero-order chi connectivity index (χ0) is 16.1. The number of amides is 1. The summed E-state index contributed by atoms with van der Waals surface area (Å²) < 4.78 is 5.20. The third-order valence-corrected chi connectivity index (χ3v) is 3.69. The van der Waals surface area contributed by atoms with E-state index in [1.165, 1.54) is 0 Å². The first kappa shape index (κ1) is 16.5. The number of carbonyl (C=O) groups excluding carboxylic acids is 1. The Hall–Kier alpha value is -1.92. The Morgan fingerprint density at radius 3 is 2.82 bits per heavy atom. The Morgan fingerprint density at radius 2 is 2.18 bits per heavy atom. The van der Waals surface area contributed by atoms with E-state index >= 15 is 0 Å². The van der Waals surface area contributed by atoms with Crippen LogP contribution >= 0.6 is 11.6 Å². The number of nitrogens with zero attached hydrogens (tertiary/aromatic N) is 3. The van der Waals surface area contributed by atoms with Crippen LogP contribution in [-0.4, -0.2) is 34.5 Å². The van der Waals surface area contributed by atoms with E-state index in [0.29, 0.717) is 28.8 Å². The number of halogens is 1. The Morgan fingerprint density at radius 1 is 1.45 bits per heavy atom. The second-order valence-electron chi connectivity index (χ2n) is 5.02. The van der Waals surface area contributed by atoms with Gasteiger partial charge in [0, 0.05) is 6.42 Å². The van der Waals surface area contributed by atoms with Crippen LogP contribution in [0, 0.1) is 0 Å². The summed E-state index contributed by atoms with van der Waals surface area (Å²) in [5.74, 6) is 1.01. The molecule has 1 heterocycles. The lowest BCUT2D eigenvalue weighted by atomic mass is 10.3. The average molecular weight is 323 g/mol. The number of hydrogen-bond donors (Lipinski definition) is 1. The third-order valence-electron chi connectivity index (χ3n) is 3.36. The van der Waals surface area contributed by atoms with Crippen LogP contribution in [0.5, 0.6) is 0 Å². The SMILES string of the molecule is CCc1noc([C@@H](C)N(C)CC(=O)Nc2ccccc2Cl)n1. The number of hydrogen-bond acceptors (Lipinski definition) is 5. The van der Waals surface area contributed by atoms with Gasteiger partial charge in [0.25, 0.3) is 0 Å². The number of para-hydroxylation sites is 1. The summed E-state index contributed by atoms with van der Waals surface area (Å²) in [5, 5.41) is 7.16. The quantitative estimate of drug-likeness (QED) is 0.885. The van der Waals surface area contributed by atoms with E-state index in [2.05, 4.69) is 15.5 Å². The molecule has 1 N–H and O–H groups in total. The van der Waals surface area contributed by atoms with Crippen molar-refractivity contribution < 1.29 is 9.32 Å². The molecule has 0 aliphatic carbocycles. The number of likely N-dealkylation sites (N-methyl/N-ethyl adjacent to an activating group) is 1. The lowest BCUT2D eigenvalue weighted by molar-refractivity contribution is -0.117. The second kappa shape index (κ2) is 7.38. The highest BCUT2D eigenvalue weighted by atomic mass is 35.5. The molecule has 0 unspecified atom stereocenters. The molecule has 22 heavy (non-hydrogen) atoms. The van der Waals surface area contributed by atoms with Gasteiger partial charge in [-0.25, -0.2) is 0 Å². The van der Waals surface area contributed by atoms with Gasteiger partial charge in [-0.05, 0) is 26.1 Å². The molecular weight excluding hydrogens is 304 g/mol. The van der Waals surface area contributed by atoms with Crippen molar-refractivity contribution in [2.24, 2.45) is 0 Å². The fourth-order valence-corrected chi connectivity index (χ4v) is 2.07. The lowest BCUT2D eigenvalue weighted by Crippen LogP contribution is -2.32. The van der Waals surface area contributed by atoms with Crippen LogP contribution in [0.15, 0.2) is 28.8 Å². The van der Waals surface area contributed by atoms with Gasteiger partial charge in [0.2, 0.25) is 11.8 Å². The van der Waals surface area contributed by atoms with E-state index in [1.54, 1.807) is 12.1 Å². The normalized spacial score (nSPS) is 12.4. The van der Waals surface area contributed by atoms with Crippen molar-refractivity contribution in [1.29, 1.82) is 0 Å². The highest BCUT2D eigenvalue weighted by Crippen LogP contribution is 2.21. The summed E-state index contributed by atoms with van der Waals surface area (Å²) in [6, 6.07) is 6.97. The van der Waals surface area contributed by atoms with Crippen LogP contribution in [0.3, 0.4) is 0 Å². The highest BCUT2D eigenvalue weighted by Gasteiger charge is 2.20. The summed E-state index contributed by atoms with van der Waals surface area (Å²) in [6.07, 6.45) is 0.715. The molecule has 0 bridgehead atoms. The predicted molar refractivity (Wildman–Crippen MR) is 84.8 cm³/mol. The molecule has 0 saturated carbocycles. The van der Waals surface area contributed by atoms with Crippen molar-refractivity contribution >= 4 is 23.2 Å². The minimum absolute atomic E-state index is 0.148. The number of anilines is 1. The molecule has 7 heteroatoms. The van der Waals surface area contributed by atoms with E-state index in [0.717, 1.165) is 0 Å². The van der Waals surface area contributed by atoms with Gasteiger partial charge < -0.3 is 9.84 Å². The molecule has 0 aliphatic rings. The average Bonchev–Trinajstić information content (AvgIpc) is 2.97. The number of aryl methyl sites for hydroxylation is 1. The van der Waals surface area contributed by atoms with Gasteiger partial charge in [-0.15, -0.1) is 0 Å². The molecule has 6 nitrogen and oxygen atoms in total. The number of benzene rings is 1. The monoisotopic (exact) mass is 322 g/mol. The lowest BCUT2D eigenvalue weighted by Gasteiger charge is -2.21. The van der Waals surface area contributed by atoms with Crippen LogP contribution in [0.4, 0.5) is 5.69 Å². The van der Waals surface area contributed by atoms with Crippen molar-refractivity contribution in [3.05, 3.63) is 41.0 Å². The molecule has 1 aromatic carbocycles.